The van der Waals surface area contributed by atoms with Gasteiger partial charge in [-0.05, 0) is 61.8 Å². The van der Waals surface area contributed by atoms with Crippen LogP contribution in [-0.2, 0) is 9.53 Å². The first-order valence-corrected chi connectivity index (χ1v) is 11.6. The number of rotatable bonds is 7. The van der Waals surface area contributed by atoms with Crippen molar-refractivity contribution in [2.45, 2.75) is 33.7 Å². The number of amides is 1. The van der Waals surface area contributed by atoms with Crippen molar-refractivity contribution in [2.24, 2.45) is 5.92 Å². The van der Waals surface area contributed by atoms with Gasteiger partial charge in [0, 0.05) is 17.9 Å². The van der Waals surface area contributed by atoms with Crippen LogP contribution >= 0.6 is 23.8 Å². The fourth-order valence-electron chi connectivity index (χ4n) is 3.60. The maximum absolute atomic E-state index is 13.0. The van der Waals surface area contributed by atoms with Gasteiger partial charge in [-0.1, -0.05) is 49.7 Å². The minimum absolute atomic E-state index is 0.231. The number of nitrogens with zero attached hydrogens (tertiary/aromatic N) is 1. The Kier molecular flexibility index (Phi) is 8.10. The van der Waals surface area contributed by atoms with Crippen LogP contribution in [0.4, 0.5) is 5.69 Å². The van der Waals surface area contributed by atoms with Crippen LogP contribution in [0.25, 0.3) is 0 Å². The molecule has 0 bridgehead atoms. The zero-order valence-corrected chi connectivity index (χ0v) is 20.7. The van der Waals surface area contributed by atoms with Crippen molar-refractivity contribution in [1.29, 1.82) is 0 Å². The minimum atomic E-state index is -0.451. The number of hydrogen-bond acceptors (Lipinski definition) is 4. The zero-order valence-electron chi connectivity index (χ0n) is 19.1. The van der Waals surface area contributed by atoms with Crippen molar-refractivity contribution < 1.29 is 14.3 Å². The molecule has 0 aromatic heterocycles. The largest absolute Gasteiger partial charge is 0.462 e. The van der Waals surface area contributed by atoms with Gasteiger partial charge in [0.2, 0.25) is 0 Å². The molecule has 1 aliphatic rings. The minimum Gasteiger partial charge on any atom is -0.462 e. The van der Waals surface area contributed by atoms with E-state index in [0.29, 0.717) is 40.1 Å². The van der Waals surface area contributed by atoms with E-state index in [1.54, 1.807) is 36.4 Å². The molecule has 0 spiro atoms. The summed E-state index contributed by atoms with van der Waals surface area (Å²) < 4.78 is 5.55. The van der Waals surface area contributed by atoms with E-state index >= 15 is 0 Å². The monoisotopic (exact) mass is 485 g/mol. The van der Waals surface area contributed by atoms with E-state index in [0.717, 1.165) is 11.3 Å². The van der Waals surface area contributed by atoms with Gasteiger partial charge >= 0.3 is 5.97 Å². The molecule has 1 heterocycles. The molecule has 1 unspecified atom stereocenters. The molecule has 33 heavy (non-hydrogen) atoms. The highest BCUT2D eigenvalue weighted by molar-refractivity contribution is 7.80. The number of carbonyl (C=O) groups excluding carboxylic acids is 2. The highest BCUT2D eigenvalue weighted by atomic mass is 35.5. The van der Waals surface area contributed by atoms with Gasteiger partial charge in [0.1, 0.15) is 0 Å². The van der Waals surface area contributed by atoms with Gasteiger partial charge in [0.05, 0.1) is 28.8 Å². The fraction of sp³-hybridized carbons (Fsp3) is 0.320. The lowest BCUT2D eigenvalue weighted by Crippen LogP contribution is -2.47. The number of nitrogens with one attached hydrogen (secondary N) is 2. The highest BCUT2D eigenvalue weighted by Gasteiger charge is 2.34. The van der Waals surface area contributed by atoms with Crippen LogP contribution in [0.1, 0.15) is 49.7 Å². The Bertz CT molecular complexity index is 1080. The lowest BCUT2D eigenvalue weighted by atomic mass is 9.94. The number of carbonyl (C=O) groups is 2. The summed E-state index contributed by atoms with van der Waals surface area (Å²) in [6.45, 7) is 8.83. The maximum Gasteiger partial charge on any atom is 0.338 e. The SMILES string of the molecule is CCN1C(=S)NC(c2ccc(NC(=O)c3ccccc3Cl)cc2)C(C(=O)OCC(C)C)=C1C. The first-order chi connectivity index (χ1) is 15.7. The molecule has 0 aliphatic carbocycles. The van der Waals surface area contributed by atoms with Gasteiger partial charge in [0.25, 0.3) is 5.91 Å². The Hall–Kier alpha value is -2.90. The number of thiocarbonyl (C=S) groups is 1. The molecule has 3 rings (SSSR count). The molecule has 2 N–H and O–H groups in total. The topological polar surface area (TPSA) is 70.7 Å². The highest BCUT2D eigenvalue weighted by Crippen LogP contribution is 2.32. The molecular formula is C25H28ClN3O3S. The summed E-state index contributed by atoms with van der Waals surface area (Å²) in [4.78, 5) is 27.4. The third-order valence-electron chi connectivity index (χ3n) is 5.30. The van der Waals surface area contributed by atoms with Crippen molar-refractivity contribution in [1.82, 2.24) is 10.2 Å². The molecule has 2 aromatic carbocycles. The Morgan fingerprint density at radius 1 is 1.18 bits per heavy atom. The summed E-state index contributed by atoms with van der Waals surface area (Å²) in [6.07, 6.45) is 0. The van der Waals surface area contributed by atoms with Gasteiger partial charge in [-0.15, -0.1) is 0 Å². The zero-order chi connectivity index (χ0) is 24.1. The van der Waals surface area contributed by atoms with Gasteiger partial charge in [0.15, 0.2) is 5.11 Å². The molecule has 8 heteroatoms. The van der Waals surface area contributed by atoms with Crippen LogP contribution in [0.5, 0.6) is 0 Å². The number of anilines is 1. The van der Waals surface area contributed by atoms with E-state index in [4.69, 9.17) is 28.6 Å². The molecule has 0 fully saturated rings. The summed E-state index contributed by atoms with van der Waals surface area (Å²) >= 11 is 11.7. The second-order valence-corrected chi connectivity index (χ2v) is 8.97. The van der Waals surface area contributed by atoms with Gasteiger partial charge in [-0.3, -0.25) is 4.79 Å². The molecule has 2 aromatic rings. The maximum atomic E-state index is 13.0. The Labute approximate surface area is 204 Å². The molecular weight excluding hydrogens is 458 g/mol. The first kappa shape index (κ1) is 24.7. The van der Waals surface area contributed by atoms with E-state index in [9.17, 15) is 9.59 Å². The van der Waals surface area contributed by atoms with Gasteiger partial charge in [-0.2, -0.15) is 0 Å². The number of ether oxygens (including phenoxy) is 1. The van der Waals surface area contributed by atoms with E-state index in [-0.39, 0.29) is 17.8 Å². The number of benzene rings is 2. The Balaban J connectivity index is 1.86. The number of esters is 1. The molecule has 0 saturated heterocycles. The summed E-state index contributed by atoms with van der Waals surface area (Å²) in [5, 5.41) is 7.06. The first-order valence-electron chi connectivity index (χ1n) is 10.8. The van der Waals surface area contributed by atoms with Gasteiger partial charge < -0.3 is 20.3 Å². The smallest absolute Gasteiger partial charge is 0.338 e. The molecule has 1 atom stereocenters. The van der Waals surface area contributed by atoms with Crippen LogP contribution in [0, 0.1) is 5.92 Å². The van der Waals surface area contributed by atoms with Crippen molar-refractivity contribution in [3.05, 3.63) is 76.0 Å². The molecule has 1 aliphatic heterocycles. The second-order valence-electron chi connectivity index (χ2n) is 8.17. The molecule has 174 valence electrons. The fourth-order valence-corrected chi connectivity index (χ4v) is 4.20. The average Bonchev–Trinajstić information content (AvgIpc) is 2.78. The van der Waals surface area contributed by atoms with E-state index < -0.39 is 6.04 Å². The standard InChI is InChI=1S/C25H28ClN3O3S/c1-5-29-16(4)21(24(31)32-14-15(2)3)22(28-25(29)33)17-10-12-18(13-11-17)27-23(30)19-8-6-7-9-20(19)26/h6-13,15,22H,5,14H2,1-4H3,(H,27,30)(H,28,33). The lowest BCUT2D eigenvalue weighted by molar-refractivity contribution is -0.140. The molecule has 0 radical (unpaired) electrons. The van der Waals surface area contributed by atoms with E-state index in [1.165, 1.54) is 0 Å². The van der Waals surface area contributed by atoms with E-state index in [1.807, 2.05) is 44.7 Å². The predicted octanol–water partition coefficient (Wildman–Crippen LogP) is 5.32. The second kappa shape index (κ2) is 10.8. The van der Waals surface area contributed by atoms with Crippen LogP contribution in [-0.4, -0.2) is 35.0 Å². The number of allylic oxidation sites excluding steroid dienone is 1. The summed E-state index contributed by atoms with van der Waals surface area (Å²) in [7, 11) is 0. The van der Waals surface area contributed by atoms with E-state index in [2.05, 4.69) is 10.6 Å². The molecule has 0 saturated carbocycles. The Morgan fingerprint density at radius 2 is 1.85 bits per heavy atom. The van der Waals surface area contributed by atoms with Crippen molar-refractivity contribution in [2.75, 3.05) is 18.5 Å². The number of halogens is 1. The van der Waals surface area contributed by atoms with Crippen molar-refractivity contribution in [3.8, 4) is 0 Å². The molecule has 6 nitrogen and oxygen atoms in total. The lowest BCUT2D eigenvalue weighted by Gasteiger charge is -2.37. The predicted molar refractivity (Wildman–Crippen MR) is 135 cm³/mol. The average molecular weight is 486 g/mol. The van der Waals surface area contributed by atoms with Crippen molar-refractivity contribution >= 4 is 46.5 Å². The van der Waals surface area contributed by atoms with Crippen LogP contribution in [0.2, 0.25) is 5.02 Å². The van der Waals surface area contributed by atoms with Crippen LogP contribution in [0.15, 0.2) is 59.8 Å². The third kappa shape index (κ3) is 5.72. The Morgan fingerprint density at radius 3 is 2.45 bits per heavy atom. The van der Waals surface area contributed by atoms with Crippen molar-refractivity contribution in [3.63, 3.8) is 0 Å². The third-order valence-corrected chi connectivity index (χ3v) is 5.97. The van der Waals surface area contributed by atoms with Crippen LogP contribution < -0.4 is 10.6 Å². The molecule has 1 amide bonds. The normalized spacial score (nSPS) is 16.0. The van der Waals surface area contributed by atoms with Crippen LogP contribution in [0.3, 0.4) is 0 Å². The summed E-state index contributed by atoms with van der Waals surface area (Å²) in [5.41, 5.74) is 3.15. The van der Waals surface area contributed by atoms with Gasteiger partial charge in [-0.25, -0.2) is 4.79 Å². The number of hydrogen-bond donors (Lipinski definition) is 2. The summed E-state index contributed by atoms with van der Waals surface area (Å²) in [5.74, 6) is -0.428. The summed E-state index contributed by atoms with van der Waals surface area (Å²) in [6, 6.07) is 13.7. The quantitative estimate of drug-likeness (QED) is 0.408.